The van der Waals surface area contributed by atoms with Crippen LogP contribution >= 0.6 is 0 Å². The molecule has 0 aliphatic carbocycles. The number of hydrogen-bond acceptors (Lipinski definition) is 3. The summed E-state index contributed by atoms with van der Waals surface area (Å²) in [5.74, 6) is 0.580. The first-order chi connectivity index (χ1) is 7.63. The van der Waals surface area contributed by atoms with Crippen LogP contribution in [0, 0.1) is 5.92 Å². The number of amides is 1. The topological polar surface area (TPSA) is 61.4 Å². The standard InChI is InChI=1S/C12H26N2O2/c1-4-5-11(6-7-15)9-14-10(2)8-12(16)13-3/h10-11,14-15H,4-9H2,1-3H3,(H,13,16). The van der Waals surface area contributed by atoms with Gasteiger partial charge in [-0.1, -0.05) is 13.3 Å². The SMILES string of the molecule is CCCC(CCO)CNC(C)CC(=O)NC. The predicted molar refractivity (Wildman–Crippen MR) is 66.2 cm³/mol. The third-order valence-electron chi connectivity index (χ3n) is 2.76. The Balaban J connectivity index is 3.76. The van der Waals surface area contributed by atoms with Crippen LogP contribution < -0.4 is 10.6 Å². The van der Waals surface area contributed by atoms with Gasteiger partial charge < -0.3 is 15.7 Å². The number of nitrogens with one attached hydrogen (secondary N) is 2. The lowest BCUT2D eigenvalue weighted by Crippen LogP contribution is -2.35. The average Bonchev–Trinajstić information content (AvgIpc) is 2.26. The van der Waals surface area contributed by atoms with E-state index in [0.29, 0.717) is 12.3 Å². The van der Waals surface area contributed by atoms with Crippen LogP contribution in [0.5, 0.6) is 0 Å². The summed E-state index contributed by atoms with van der Waals surface area (Å²) in [6, 6.07) is 0.193. The molecular weight excluding hydrogens is 204 g/mol. The second-order valence-corrected chi connectivity index (χ2v) is 4.35. The molecule has 0 aromatic carbocycles. The monoisotopic (exact) mass is 230 g/mol. The summed E-state index contributed by atoms with van der Waals surface area (Å²) in [5, 5.41) is 14.9. The van der Waals surface area contributed by atoms with Gasteiger partial charge in [0, 0.05) is 26.1 Å². The van der Waals surface area contributed by atoms with Gasteiger partial charge in [0.15, 0.2) is 0 Å². The second-order valence-electron chi connectivity index (χ2n) is 4.35. The number of hydrogen-bond donors (Lipinski definition) is 3. The van der Waals surface area contributed by atoms with Crippen molar-refractivity contribution in [3.05, 3.63) is 0 Å². The van der Waals surface area contributed by atoms with Crippen molar-refractivity contribution in [3.63, 3.8) is 0 Å². The van der Waals surface area contributed by atoms with Crippen molar-refractivity contribution in [2.75, 3.05) is 20.2 Å². The van der Waals surface area contributed by atoms with Crippen LogP contribution in [0.3, 0.4) is 0 Å². The Labute approximate surface area is 98.8 Å². The van der Waals surface area contributed by atoms with Gasteiger partial charge in [0.05, 0.1) is 0 Å². The molecule has 96 valence electrons. The van der Waals surface area contributed by atoms with Crippen molar-refractivity contribution in [2.45, 2.75) is 45.6 Å². The lowest BCUT2D eigenvalue weighted by atomic mass is 10.00. The van der Waals surface area contributed by atoms with Crippen LogP contribution in [0.4, 0.5) is 0 Å². The molecule has 0 aliphatic rings. The Morgan fingerprint density at radius 3 is 2.56 bits per heavy atom. The fraction of sp³-hybridized carbons (Fsp3) is 0.917. The highest BCUT2D eigenvalue weighted by Crippen LogP contribution is 2.09. The minimum atomic E-state index is 0.0641. The molecule has 2 unspecified atom stereocenters. The molecule has 3 N–H and O–H groups in total. The molecule has 0 saturated heterocycles. The summed E-state index contributed by atoms with van der Waals surface area (Å²) >= 11 is 0. The van der Waals surface area contributed by atoms with Gasteiger partial charge in [-0.15, -0.1) is 0 Å². The summed E-state index contributed by atoms with van der Waals surface area (Å²) in [7, 11) is 1.65. The van der Waals surface area contributed by atoms with E-state index in [1.165, 1.54) is 0 Å². The summed E-state index contributed by atoms with van der Waals surface area (Å²) in [5.41, 5.74) is 0. The summed E-state index contributed by atoms with van der Waals surface area (Å²) in [6.45, 7) is 5.29. The minimum Gasteiger partial charge on any atom is -0.396 e. The van der Waals surface area contributed by atoms with Gasteiger partial charge in [0.2, 0.25) is 5.91 Å². The lowest BCUT2D eigenvalue weighted by Gasteiger charge is -2.19. The van der Waals surface area contributed by atoms with E-state index in [-0.39, 0.29) is 18.6 Å². The summed E-state index contributed by atoms with van der Waals surface area (Å²) in [6.07, 6.45) is 3.61. The molecule has 0 spiro atoms. The van der Waals surface area contributed by atoms with Crippen LogP contribution in [0.1, 0.15) is 39.5 Å². The quantitative estimate of drug-likeness (QED) is 0.551. The van der Waals surface area contributed by atoms with Gasteiger partial charge in [-0.3, -0.25) is 4.79 Å². The van der Waals surface area contributed by atoms with Crippen molar-refractivity contribution >= 4 is 5.91 Å². The minimum absolute atomic E-state index is 0.0641. The van der Waals surface area contributed by atoms with E-state index in [1.54, 1.807) is 7.05 Å². The zero-order valence-electron chi connectivity index (χ0n) is 10.8. The van der Waals surface area contributed by atoms with E-state index in [9.17, 15) is 4.79 Å². The van der Waals surface area contributed by atoms with Crippen molar-refractivity contribution in [1.82, 2.24) is 10.6 Å². The summed E-state index contributed by atoms with van der Waals surface area (Å²) in [4.78, 5) is 11.1. The largest absolute Gasteiger partial charge is 0.396 e. The maximum absolute atomic E-state index is 11.1. The average molecular weight is 230 g/mol. The van der Waals surface area contributed by atoms with E-state index in [2.05, 4.69) is 17.6 Å². The van der Waals surface area contributed by atoms with Gasteiger partial charge in [-0.25, -0.2) is 0 Å². The fourth-order valence-corrected chi connectivity index (χ4v) is 1.76. The highest BCUT2D eigenvalue weighted by molar-refractivity contribution is 5.76. The van der Waals surface area contributed by atoms with Crippen molar-refractivity contribution in [1.29, 1.82) is 0 Å². The van der Waals surface area contributed by atoms with E-state index < -0.39 is 0 Å². The molecule has 4 heteroatoms. The Kier molecular flexibility index (Phi) is 9.24. The van der Waals surface area contributed by atoms with Crippen molar-refractivity contribution in [2.24, 2.45) is 5.92 Å². The van der Waals surface area contributed by atoms with Crippen LogP contribution in [0.2, 0.25) is 0 Å². The molecule has 0 bridgehead atoms. The normalized spacial score (nSPS) is 14.5. The first-order valence-electron chi connectivity index (χ1n) is 6.18. The molecule has 0 aromatic rings. The third kappa shape index (κ3) is 7.65. The van der Waals surface area contributed by atoms with E-state index in [4.69, 9.17) is 5.11 Å². The van der Waals surface area contributed by atoms with E-state index in [1.807, 2.05) is 6.92 Å². The number of rotatable bonds is 9. The highest BCUT2D eigenvalue weighted by atomic mass is 16.3. The van der Waals surface area contributed by atoms with Gasteiger partial charge >= 0.3 is 0 Å². The van der Waals surface area contributed by atoms with Crippen LogP contribution in [0.25, 0.3) is 0 Å². The smallest absolute Gasteiger partial charge is 0.221 e. The molecule has 0 saturated carbocycles. The first-order valence-corrected chi connectivity index (χ1v) is 6.18. The van der Waals surface area contributed by atoms with Gasteiger partial charge in [0.1, 0.15) is 0 Å². The molecule has 0 heterocycles. The molecule has 0 fully saturated rings. The Morgan fingerprint density at radius 1 is 1.38 bits per heavy atom. The van der Waals surface area contributed by atoms with E-state index in [0.717, 1.165) is 25.8 Å². The van der Waals surface area contributed by atoms with E-state index >= 15 is 0 Å². The molecule has 1 amide bonds. The van der Waals surface area contributed by atoms with Crippen LogP contribution in [-0.2, 0) is 4.79 Å². The lowest BCUT2D eigenvalue weighted by molar-refractivity contribution is -0.121. The summed E-state index contributed by atoms with van der Waals surface area (Å²) < 4.78 is 0. The number of carbonyl (C=O) groups is 1. The maximum Gasteiger partial charge on any atom is 0.221 e. The Morgan fingerprint density at radius 2 is 2.06 bits per heavy atom. The molecule has 16 heavy (non-hydrogen) atoms. The maximum atomic E-state index is 11.1. The molecule has 0 rings (SSSR count). The predicted octanol–water partition coefficient (Wildman–Crippen LogP) is 0.899. The van der Waals surface area contributed by atoms with Gasteiger partial charge in [-0.05, 0) is 32.2 Å². The molecule has 0 aromatic heterocycles. The zero-order chi connectivity index (χ0) is 12.4. The van der Waals surface area contributed by atoms with Crippen molar-refractivity contribution < 1.29 is 9.90 Å². The van der Waals surface area contributed by atoms with Gasteiger partial charge in [0.25, 0.3) is 0 Å². The number of aliphatic hydroxyl groups excluding tert-OH is 1. The Hall–Kier alpha value is -0.610. The zero-order valence-corrected chi connectivity index (χ0v) is 10.8. The van der Waals surface area contributed by atoms with Crippen molar-refractivity contribution in [3.8, 4) is 0 Å². The molecule has 0 aliphatic heterocycles. The highest BCUT2D eigenvalue weighted by Gasteiger charge is 2.11. The van der Waals surface area contributed by atoms with Crippen LogP contribution in [0.15, 0.2) is 0 Å². The molecule has 0 radical (unpaired) electrons. The van der Waals surface area contributed by atoms with Crippen LogP contribution in [-0.4, -0.2) is 37.3 Å². The Bertz CT molecular complexity index is 180. The molecule has 4 nitrogen and oxygen atoms in total. The number of aliphatic hydroxyl groups is 1. The molecule has 2 atom stereocenters. The fourth-order valence-electron chi connectivity index (χ4n) is 1.76. The number of carbonyl (C=O) groups excluding carboxylic acids is 1. The molecular formula is C12H26N2O2. The second kappa shape index (κ2) is 9.60. The first kappa shape index (κ1) is 15.4. The van der Waals surface area contributed by atoms with Gasteiger partial charge in [-0.2, -0.15) is 0 Å². The third-order valence-corrected chi connectivity index (χ3v) is 2.76.